The lowest BCUT2D eigenvalue weighted by molar-refractivity contribution is 0.241. The van der Waals surface area contributed by atoms with Gasteiger partial charge in [-0.2, -0.15) is 0 Å². The van der Waals surface area contributed by atoms with Gasteiger partial charge in [0.2, 0.25) is 0 Å². The second-order valence-corrected chi connectivity index (χ2v) is 4.80. The summed E-state index contributed by atoms with van der Waals surface area (Å²) in [7, 11) is 0. The molecule has 0 heterocycles. The van der Waals surface area contributed by atoms with Gasteiger partial charge in [0.15, 0.2) is 11.5 Å². The molecular formula is C16H16ClFO3. The molecule has 5 heteroatoms. The zero-order chi connectivity index (χ0) is 15.2. The maximum atomic E-state index is 13.7. The van der Waals surface area contributed by atoms with E-state index < -0.39 is 0 Å². The summed E-state index contributed by atoms with van der Waals surface area (Å²) >= 11 is 5.85. The van der Waals surface area contributed by atoms with Crippen LogP contribution in [0.4, 0.5) is 4.39 Å². The van der Waals surface area contributed by atoms with Crippen LogP contribution in [-0.4, -0.2) is 11.7 Å². The molecule has 0 aromatic heterocycles. The van der Waals surface area contributed by atoms with Gasteiger partial charge in [0, 0.05) is 16.1 Å². The van der Waals surface area contributed by atoms with Gasteiger partial charge in [-0.25, -0.2) is 4.39 Å². The van der Waals surface area contributed by atoms with Crippen LogP contribution < -0.4 is 9.47 Å². The first-order valence-corrected chi connectivity index (χ1v) is 6.95. The number of para-hydroxylation sites is 1. The molecule has 0 aliphatic heterocycles. The molecule has 0 unspecified atom stereocenters. The van der Waals surface area contributed by atoms with Gasteiger partial charge >= 0.3 is 0 Å². The van der Waals surface area contributed by atoms with E-state index in [-0.39, 0.29) is 19.0 Å². The van der Waals surface area contributed by atoms with Crippen molar-refractivity contribution in [1.29, 1.82) is 0 Å². The predicted molar refractivity (Wildman–Crippen MR) is 79.3 cm³/mol. The third-order valence-electron chi connectivity index (χ3n) is 2.91. The highest BCUT2D eigenvalue weighted by Gasteiger charge is 2.12. The summed E-state index contributed by atoms with van der Waals surface area (Å²) in [6, 6.07) is 9.52. The Kier molecular flexibility index (Phi) is 5.42. The van der Waals surface area contributed by atoms with Crippen LogP contribution in [0.1, 0.15) is 18.1 Å². The highest BCUT2D eigenvalue weighted by Crippen LogP contribution is 2.32. The van der Waals surface area contributed by atoms with Crippen LogP contribution in [0, 0.1) is 5.82 Å². The van der Waals surface area contributed by atoms with Crippen molar-refractivity contribution in [1.82, 2.24) is 0 Å². The molecule has 0 atom stereocenters. The predicted octanol–water partition coefficient (Wildman–Crippen LogP) is 3.95. The summed E-state index contributed by atoms with van der Waals surface area (Å²) in [6.45, 7) is 2.14. The van der Waals surface area contributed by atoms with Crippen molar-refractivity contribution in [2.24, 2.45) is 0 Å². The minimum absolute atomic E-state index is 0.00345. The van der Waals surface area contributed by atoms with E-state index in [0.29, 0.717) is 34.3 Å². The lowest BCUT2D eigenvalue weighted by atomic mass is 10.2. The maximum Gasteiger partial charge on any atom is 0.167 e. The molecule has 0 radical (unpaired) electrons. The van der Waals surface area contributed by atoms with Crippen molar-refractivity contribution in [3.63, 3.8) is 0 Å². The molecule has 0 saturated heterocycles. The largest absolute Gasteiger partial charge is 0.490 e. The van der Waals surface area contributed by atoms with Crippen LogP contribution >= 0.6 is 11.6 Å². The molecule has 0 bridgehead atoms. The van der Waals surface area contributed by atoms with Crippen molar-refractivity contribution >= 4 is 11.6 Å². The molecule has 2 aromatic rings. The van der Waals surface area contributed by atoms with Crippen LogP contribution in [0.15, 0.2) is 36.4 Å². The fourth-order valence-electron chi connectivity index (χ4n) is 1.92. The first-order valence-electron chi connectivity index (χ1n) is 6.58. The van der Waals surface area contributed by atoms with Crippen LogP contribution in [-0.2, 0) is 13.2 Å². The highest BCUT2D eigenvalue weighted by atomic mass is 35.5. The van der Waals surface area contributed by atoms with Crippen molar-refractivity contribution < 1.29 is 19.0 Å². The third-order valence-corrected chi connectivity index (χ3v) is 3.15. The molecule has 0 aliphatic rings. The van der Waals surface area contributed by atoms with Crippen LogP contribution in [0.25, 0.3) is 0 Å². The quantitative estimate of drug-likeness (QED) is 0.878. The number of aliphatic hydroxyl groups is 1. The van der Waals surface area contributed by atoms with Crippen LogP contribution in [0.2, 0.25) is 5.02 Å². The van der Waals surface area contributed by atoms with Crippen LogP contribution in [0.5, 0.6) is 11.5 Å². The van der Waals surface area contributed by atoms with Gasteiger partial charge in [0.25, 0.3) is 0 Å². The average molecular weight is 311 g/mol. The molecule has 0 aliphatic carbocycles. The van der Waals surface area contributed by atoms with E-state index >= 15 is 0 Å². The number of benzene rings is 2. The molecule has 21 heavy (non-hydrogen) atoms. The molecule has 2 aromatic carbocycles. The normalized spacial score (nSPS) is 10.5. The van der Waals surface area contributed by atoms with Crippen molar-refractivity contribution in [3.05, 3.63) is 58.4 Å². The molecule has 0 amide bonds. The summed E-state index contributed by atoms with van der Waals surface area (Å²) < 4.78 is 24.8. The highest BCUT2D eigenvalue weighted by molar-refractivity contribution is 6.30. The Morgan fingerprint density at radius 2 is 1.95 bits per heavy atom. The number of hydrogen-bond donors (Lipinski definition) is 1. The minimum atomic E-state index is -0.390. The van der Waals surface area contributed by atoms with Gasteiger partial charge in [-0.3, -0.25) is 0 Å². The molecule has 2 rings (SSSR count). The number of ether oxygens (including phenoxy) is 2. The van der Waals surface area contributed by atoms with E-state index in [4.69, 9.17) is 21.1 Å². The Morgan fingerprint density at radius 3 is 2.67 bits per heavy atom. The lowest BCUT2D eigenvalue weighted by Gasteiger charge is -2.15. The van der Waals surface area contributed by atoms with E-state index in [9.17, 15) is 9.50 Å². The first-order chi connectivity index (χ1) is 10.2. The standard InChI is InChI=1S/C16H16ClFO3/c1-2-20-15-5-3-4-11(9-19)16(15)21-10-12-8-13(17)6-7-14(12)18/h3-8,19H,2,9-10H2,1H3. The number of aliphatic hydroxyl groups excluding tert-OH is 1. The zero-order valence-corrected chi connectivity index (χ0v) is 12.4. The van der Waals surface area contributed by atoms with Crippen molar-refractivity contribution in [2.75, 3.05) is 6.61 Å². The van der Waals surface area contributed by atoms with Gasteiger partial charge in [-0.05, 0) is 31.2 Å². The van der Waals surface area contributed by atoms with Crippen LogP contribution in [0.3, 0.4) is 0 Å². The maximum absolute atomic E-state index is 13.7. The smallest absolute Gasteiger partial charge is 0.167 e. The molecule has 112 valence electrons. The third kappa shape index (κ3) is 3.86. The van der Waals surface area contributed by atoms with Gasteiger partial charge in [-0.15, -0.1) is 0 Å². The fraction of sp³-hybridized carbons (Fsp3) is 0.250. The molecule has 0 spiro atoms. The van der Waals surface area contributed by atoms with E-state index in [1.807, 2.05) is 6.92 Å². The minimum Gasteiger partial charge on any atom is -0.490 e. The molecule has 3 nitrogen and oxygen atoms in total. The Hall–Kier alpha value is -1.78. The SMILES string of the molecule is CCOc1cccc(CO)c1OCc1cc(Cl)ccc1F. The zero-order valence-electron chi connectivity index (χ0n) is 11.6. The Morgan fingerprint density at radius 1 is 1.14 bits per heavy atom. The van der Waals surface area contributed by atoms with Gasteiger partial charge in [0.05, 0.1) is 13.2 Å². The Labute approximate surface area is 127 Å². The van der Waals surface area contributed by atoms with Gasteiger partial charge in [-0.1, -0.05) is 23.7 Å². The van der Waals surface area contributed by atoms with Gasteiger partial charge < -0.3 is 14.6 Å². The Balaban J connectivity index is 2.24. The number of hydrogen-bond acceptors (Lipinski definition) is 3. The number of rotatable bonds is 6. The lowest BCUT2D eigenvalue weighted by Crippen LogP contribution is -2.04. The molecule has 0 saturated carbocycles. The Bertz CT molecular complexity index is 616. The van der Waals surface area contributed by atoms with E-state index in [2.05, 4.69) is 0 Å². The summed E-state index contributed by atoms with van der Waals surface area (Å²) in [5.41, 5.74) is 0.932. The molecular weight excluding hydrogens is 295 g/mol. The summed E-state index contributed by atoms with van der Waals surface area (Å²) in [5, 5.41) is 9.82. The molecule has 1 N–H and O–H groups in total. The molecule has 0 fully saturated rings. The summed E-state index contributed by atoms with van der Waals surface area (Å²) in [4.78, 5) is 0. The monoisotopic (exact) mass is 310 g/mol. The number of halogens is 2. The fourth-order valence-corrected chi connectivity index (χ4v) is 2.12. The summed E-state index contributed by atoms with van der Waals surface area (Å²) in [5.74, 6) is 0.548. The topological polar surface area (TPSA) is 38.7 Å². The van der Waals surface area contributed by atoms with Crippen molar-refractivity contribution in [3.8, 4) is 11.5 Å². The second kappa shape index (κ2) is 7.29. The average Bonchev–Trinajstić information content (AvgIpc) is 2.49. The van der Waals surface area contributed by atoms with E-state index in [1.165, 1.54) is 18.2 Å². The first kappa shape index (κ1) is 15.6. The van der Waals surface area contributed by atoms with E-state index in [0.717, 1.165) is 0 Å². The van der Waals surface area contributed by atoms with E-state index in [1.54, 1.807) is 18.2 Å². The second-order valence-electron chi connectivity index (χ2n) is 4.36. The van der Waals surface area contributed by atoms with Gasteiger partial charge in [0.1, 0.15) is 12.4 Å². The summed E-state index contributed by atoms with van der Waals surface area (Å²) in [6.07, 6.45) is 0. The van der Waals surface area contributed by atoms with Crippen molar-refractivity contribution in [2.45, 2.75) is 20.1 Å².